The van der Waals surface area contributed by atoms with Crippen LogP contribution in [0.25, 0.3) is 0 Å². The van der Waals surface area contributed by atoms with Gasteiger partial charge in [0.2, 0.25) is 15.9 Å². The van der Waals surface area contributed by atoms with Gasteiger partial charge < -0.3 is 9.73 Å². The topological polar surface area (TPSA) is 91.7 Å². The van der Waals surface area contributed by atoms with Crippen molar-refractivity contribution in [2.75, 3.05) is 26.0 Å². The average Bonchev–Trinajstić information content (AvgIpc) is 3.08. The third-order valence-corrected chi connectivity index (χ3v) is 5.67. The summed E-state index contributed by atoms with van der Waals surface area (Å²) in [5.74, 6) is 0.648. The van der Waals surface area contributed by atoms with Crippen molar-refractivity contribution in [1.29, 1.82) is 0 Å². The first kappa shape index (κ1) is 17.7. The quantitative estimate of drug-likeness (QED) is 0.816. The lowest BCUT2D eigenvalue weighted by Crippen LogP contribution is -2.34. The lowest BCUT2D eigenvalue weighted by atomic mass is 10.0. The summed E-state index contributed by atoms with van der Waals surface area (Å²) in [5, 5.41) is 2.75. The summed E-state index contributed by atoms with van der Waals surface area (Å²) in [6.07, 6.45) is 2.47. The Morgan fingerprint density at radius 3 is 2.76 bits per heavy atom. The molecule has 7 nitrogen and oxygen atoms in total. The Balaban J connectivity index is 1.77. The van der Waals surface area contributed by atoms with Crippen LogP contribution in [0.1, 0.15) is 23.8 Å². The molecule has 2 N–H and O–H groups in total. The smallest absolute Gasteiger partial charge is 0.240 e. The van der Waals surface area contributed by atoms with Gasteiger partial charge in [-0.1, -0.05) is 0 Å². The van der Waals surface area contributed by atoms with Crippen LogP contribution in [0.2, 0.25) is 0 Å². The van der Waals surface area contributed by atoms with Crippen molar-refractivity contribution in [1.82, 2.24) is 9.62 Å². The molecule has 134 valence electrons. The largest absolute Gasteiger partial charge is 0.468 e. The van der Waals surface area contributed by atoms with E-state index in [9.17, 15) is 13.2 Å². The molecular formula is C17H21N3O4S. The van der Waals surface area contributed by atoms with Crippen LogP contribution in [0, 0.1) is 0 Å². The number of benzene rings is 1. The highest BCUT2D eigenvalue weighted by Crippen LogP contribution is 2.26. The molecule has 2 aromatic rings. The number of hydrogen-bond donors (Lipinski definition) is 2. The number of rotatable bonds is 6. The van der Waals surface area contributed by atoms with Crippen molar-refractivity contribution in [3.05, 3.63) is 47.9 Å². The Hall–Kier alpha value is -2.16. The zero-order valence-electron chi connectivity index (χ0n) is 14.2. The lowest BCUT2D eigenvalue weighted by molar-refractivity contribution is -0.116. The highest BCUT2D eigenvalue weighted by atomic mass is 32.2. The summed E-state index contributed by atoms with van der Waals surface area (Å²) in [4.78, 5) is 13.5. The molecule has 25 heavy (non-hydrogen) atoms. The number of nitrogens with one attached hydrogen (secondary N) is 2. The van der Waals surface area contributed by atoms with Crippen molar-refractivity contribution in [2.45, 2.75) is 23.8 Å². The van der Waals surface area contributed by atoms with Gasteiger partial charge in [-0.05, 0) is 56.4 Å². The number of anilines is 1. The molecule has 1 unspecified atom stereocenters. The van der Waals surface area contributed by atoms with Crippen LogP contribution in [0.5, 0.6) is 0 Å². The molecule has 0 aliphatic carbocycles. The Labute approximate surface area is 147 Å². The first-order valence-corrected chi connectivity index (χ1v) is 9.47. The number of hydrogen-bond acceptors (Lipinski definition) is 5. The lowest BCUT2D eigenvalue weighted by Gasteiger charge is -2.23. The molecule has 0 radical (unpaired) electrons. The highest BCUT2D eigenvalue weighted by Gasteiger charge is 2.23. The molecule has 1 aromatic carbocycles. The maximum absolute atomic E-state index is 12.6. The summed E-state index contributed by atoms with van der Waals surface area (Å²) in [7, 11) is 0.0703. The summed E-state index contributed by atoms with van der Waals surface area (Å²) in [6.45, 7) is 0.191. The third kappa shape index (κ3) is 3.92. The molecule has 3 rings (SSSR count). The monoisotopic (exact) mass is 363 g/mol. The fraction of sp³-hybridized carbons (Fsp3) is 0.353. The predicted molar refractivity (Wildman–Crippen MR) is 93.7 cm³/mol. The number of nitrogens with zero attached hydrogens (tertiary/aromatic N) is 1. The summed E-state index contributed by atoms with van der Waals surface area (Å²) in [6, 6.07) is 8.15. The minimum absolute atomic E-state index is 0.0477. The molecule has 0 spiro atoms. The number of furan rings is 1. The second-order valence-corrected chi connectivity index (χ2v) is 7.98. The van der Waals surface area contributed by atoms with E-state index in [1.54, 1.807) is 24.5 Å². The van der Waals surface area contributed by atoms with E-state index in [4.69, 9.17) is 4.42 Å². The Kier molecular flexibility index (Phi) is 4.94. The van der Waals surface area contributed by atoms with Crippen molar-refractivity contribution >= 4 is 21.6 Å². The molecule has 1 aliphatic heterocycles. The van der Waals surface area contributed by atoms with Crippen LogP contribution in [0.4, 0.5) is 5.69 Å². The molecule has 0 saturated heterocycles. The highest BCUT2D eigenvalue weighted by molar-refractivity contribution is 7.89. The molecule has 0 bridgehead atoms. The van der Waals surface area contributed by atoms with Crippen LogP contribution in [0.3, 0.4) is 0 Å². The minimum Gasteiger partial charge on any atom is -0.468 e. The third-order valence-electron chi connectivity index (χ3n) is 4.24. The zero-order valence-corrected chi connectivity index (χ0v) is 15.0. The second-order valence-electron chi connectivity index (χ2n) is 6.21. The number of carbonyl (C=O) groups excluding carboxylic acids is 1. The number of likely N-dealkylation sites (N-methyl/N-ethyl adjacent to an activating group) is 1. The number of aryl methyl sites for hydroxylation is 1. The van der Waals surface area contributed by atoms with E-state index in [1.165, 1.54) is 6.07 Å². The van der Waals surface area contributed by atoms with Gasteiger partial charge in [-0.2, -0.15) is 0 Å². The van der Waals surface area contributed by atoms with E-state index in [1.807, 2.05) is 25.1 Å². The van der Waals surface area contributed by atoms with E-state index in [2.05, 4.69) is 10.0 Å². The molecule has 0 fully saturated rings. The van der Waals surface area contributed by atoms with Gasteiger partial charge in [0, 0.05) is 18.7 Å². The van der Waals surface area contributed by atoms with E-state index >= 15 is 0 Å². The fourth-order valence-electron chi connectivity index (χ4n) is 2.82. The summed E-state index contributed by atoms with van der Waals surface area (Å²) >= 11 is 0. The van der Waals surface area contributed by atoms with Gasteiger partial charge in [-0.3, -0.25) is 9.69 Å². The summed E-state index contributed by atoms with van der Waals surface area (Å²) < 4.78 is 33.3. The molecule has 2 heterocycles. The van der Waals surface area contributed by atoms with E-state index in [-0.39, 0.29) is 23.4 Å². The van der Waals surface area contributed by atoms with Crippen molar-refractivity contribution in [3.63, 3.8) is 0 Å². The Morgan fingerprint density at radius 2 is 2.08 bits per heavy atom. The normalized spacial score (nSPS) is 15.7. The van der Waals surface area contributed by atoms with Crippen LogP contribution < -0.4 is 10.0 Å². The molecule has 8 heteroatoms. The maximum atomic E-state index is 12.6. The van der Waals surface area contributed by atoms with Crippen molar-refractivity contribution in [2.24, 2.45) is 0 Å². The van der Waals surface area contributed by atoms with Crippen molar-refractivity contribution in [3.8, 4) is 0 Å². The number of carbonyl (C=O) groups is 1. The first-order valence-electron chi connectivity index (χ1n) is 7.99. The van der Waals surface area contributed by atoms with Gasteiger partial charge >= 0.3 is 0 Å². The predicted octanol–water partition coefficient (Wildman–Crippen LogP) is 1.75. The van der Waals surface area contributed by atoms with Gasteiger partial charge in [0.15, 0.2) is 0 Å². The second kappa shape index (κ2) is 6.99. The van der Waals surface area contributed by atoms with Crippen molar-refractivity contribution < 1.29 is 17.6 Å². The van der Waals surface area contributed by atoms with Crippen LogP contribution in [0.15, 0.2) is 45.9 Å². The zero-order chi connectivity index (χ0) is 18.0. The molecule has 1 aromatic heterocycles. The van der Waals surface area contributed by atoms with E-state index in [0.29, 0.717) is 24.3 Å². The van der Waals surface area contributed by atoms with Gasteiger partial charge in [0.1, 0.15) is 5.76 Å². The number of sulfonamides is 1. The first-order chi connectivity index (χ1) is 11.9. The SMILES string of the molecule is CN(C)C(CNS(=O)(=O)c1ccc2c(c1)CCC(=O)N2)c1ccco1. The Bertz CT molecular complexity index is 860. The van der Waals surface area contributed by atoms with Crippen LogP contribution in [-0.2, 0) is 21.2 Å². The van der Waals surface area contributed by atoms with E-state index in [0.717, 1.165) is 5.56 Å². The van der Waals surface area contributed by atoms with Gasteiger partial charge in [0.25, 0.3) is 0 Å². The standard InChI is InChI=1S/C17H21N3O4S/c1-20(2)15(16-4-3-9-24-16)11-18-25(22,23)13-6-7-14-12(10-13)5-8-17(21)19-14/h3-4,6-7,9-10,15,18H,5,8,11H2,1-2H3,(H,19,21). The summed E-state index contributed by atoms with van der Waals surface area (Å²) in [5.41, 5.74) is 1.51. The van der Waals surface area contributed by atoms with E-state index < -0.39 is 10.0 Å². The molecule has 0 saturated carbocycles. The fourth-order valence-corrected chi connectivity index (χ4v) is 3.91. The van der Waals surface area contributed by atoms with Gasteiger partial charge in [-0.25, -0.2) is 13.1 Å². The number of amides is 1. The molecular weight excluding hydrogens is 342 g/mol. The number of fused-ring (bicyclic) bond motifs is 1. The Morgan fingerprint density at radius 1 is 1.28 bits per heavy atom. The van der Waals surface area contributed by atoms with Gasteiger partial charge in [-0.15, -0.1) is 0 Å². The average molecular weight is 363 g/mol. The molecule has 1 amide bonds. The van der Waals surface area contributed by atoms with Gasteiger partial charge in [0.05, 0.1) is 17.2 Å². The molecule has 1 atom stereocenters. The minimum atomic E-state index is -3.66. The molecule has 1 aliphatic rings. The van der Waals surface area contributed by atoms with Crippen LogP contribution in [-0.4, -0.2) is 39.9 Å². The van der Waals surface area contributed by atoms with Crippen LogP contribution >= 0.6 is 0 Å². The maximum Gasteiger partial charge on any atom is 0.240 e.